The summed E-state index contributed by atoms with van der Waals surface area (Å²) >= 11 is 2.29. The predicted molar refractivity (Wildman–Crippen MR) is 110 cm³/mol. The summed E-state index contributed by atoms with van der Waals surface area (Å²) in [5.41, 5.74) is 2.59. The van der Waals surface area contributed by atoms with Gasteiger partial charge < -0.3 is 5.11 Å². The van der Waals surface area contributed by atoms with Crippen molar-refractivity contribution in [3.63, 3.8) is 0 Å². The Morgan fingerprint density at radius 1 is 0.875 bits per heavy atom. The largest absolute Gasteiger partial charge is 0.391 e. The molecule has 0 fully saturated rings. The summed E-state index contributed by atoms with van der Waals surface area (Å²) in [6.07, 6.45) is 0.699. The summed E-state index contributed by atoms with van der Waals surface area (Å²) in [6.45, 7) is 6.19. The minimum absolute atomic E-state index is 0.169. The molecule has 3 heteroatoms. The van der Waals surface area contributed by atoms with E-state index in [2.05, 4.69) is 102 Å². The van der Waals surface area contributed by atoms with Crippen molar-refractivity contribution in [1.82, 2.24) is 4.90 Å². The third kappa shape index (κ3) is 6.19. The molecule has 0 heterocycles. The molecule has 0 bridgehead atoms. The van der Waals surface area contributed by atoms with Crippen molar-refractivity contribution in [2.75, 3.05) is 4.43 Å². The topological polar surface area (TPSA) is 23.5 Å². The molecule has 0 unspecified atom stereocenters. The Kier molecular flexibility index (Phi) is 8.22. The summed E-state index contributed by atoms with van der Waals surface area (Å²) in [5.74, 6) is 0.557. The standard InChI is InChI=1S/C21H28INO/c1-17(2)13-20(21(24)14-22)23(15-18-9-5-3-6-10-18)16-19-11-7-4-8-12-19/h3-12,17,20-21,24H,13-16H2,1-2H3/t20-,21+/m0/s1. The van der Waals surface area contributed by atoms with E-state index in [1.165, 1.54) is 11.1 Å². The van der Waals surface area contributed by atoms with Gasteiger partial charge in [-0.2, -0.15) is 0 Å². The average molecular weight is 437 g/mol. The van der Waals surface area contributed by atoms with Crippen molar-refractivity contribution in [2.45, 2.75) is 45.5 Å². The zero-order chi connectivity index (χ0) is 17.4. The molecule has 0 saturated carbocycles. The molecule has 24 heavy (non-hydrogen) atoms. The minimum Gasteiger partial charge on any atom is -0.391 e. The molecule has 2 nitrogen and oxygen atoms in total. The van der Waals surface area contributed by atoms with Crippen molar-refractivity contribution in [3.05, 3.63) is 71.8 Å². The van der Waals surface area contributed by atoms with Gasteiger partial charge in [0.15, 0.2) is 0 Å². The molecule has 1 N–H and O–H groups in total. The molecule has 0 aliphatic rings. The van der Waals surface area contributed by atoms with Crippen molar-refractivity contribution >= 4 is 22.6 Å². The van der Waals surface area contributed by atoms with Gasteiger partial charge in [-0.1, -0.05) is 97.1 Å². The van der Waals surface area contributed by atoms with E-state index in [-0.39, 0.29) is 12.1 Å². The van der Waals surface area contributed by atoms with Gasteiger partial charge in [0.05, 0.1) is 6.10 Å². The summed E-state index contributed by atoms with van der Waals surface area (Å²) in [4.78, 5) is 2.44. The van der Waals surface area contributed by atoms with Crippen LogP contribution in [0, 0.1) is 5.92 Å². The molecule has 0 saturated heterocycles. The normalized spacial score (nSPS) is 14.1. The first kappa shape index (κ1) is 19.4. The highest BCUT2D eigenvalue weighted by atomic mass is 127. The Balaban J connectivity index is 2.24. The van der Waals surface area contributed by atoms with Crippen LogP contribution in [0.1, 0.15) is 31.4 Å². The van der Waals surface area contributed by atoms with Gasteiger partial charge in [-0.25, -0.2) is 0 Å². The lowest BCUT2D eigenvalue weighted by molar-refractivity contribution is 0.0428. The molecule has 130 valence electrons. The second-order valence-electron chi connectivity index (χ2n) is 6.79. The second kappa shape index (κ2) is 10.2. The van der Waals surface area contributed by atoms with Crippen LogP contribution >= 0.6 is 22.6 Å². The third-order valence-electron chi connectivity index (χ3n) is 4.24. The van der Waals surface area contributed by atoms with Crippen LogP contribution in [0.25, 0.3) is 0 Å². The number of hydrogen-bond acceptors (Lipinski definition) is 2. The first-order chi connectivity index (χ1) is 11.6. The maximum atomic E-state index is 10.6. The van der Waals surface area contributed by atoms with Crippen molar-refractivity contribution < 1.29 is 5.11 Å². The highest BCUT2D eigenvalue weighted by Gasteiger charge is 2.26. The quantitative estimate of drug-likeness (QED) is 0.446. The van der Waals surface area contributed by atoms with Gasteiger partial charge in [-0.05, 0) is 23.5 Å². The first-order valence-electron chi connectivity index (χ1n) is 8.66. The van der Waals surface area contributed by atoms with Crippen LogP contribution < -0.4 is 0 Å². The van der Waals surface area contributed by atoms with Crippen LogP contribution in [0.3, 0.4) is 0 Å². The molecule has 0 spiro atoms. The summed E-state index contributed by atoms with van der Waals surface area (Å²) in [7, 11) is 0. The fraction of sp³-hybridized carbons (Fsp3) is 0.429. The maximum Gasteiger partial charge on any atom is 0.0784 e. The Labute approximate surface area is 160 Å². The lowest BCUT2D eigenvalue weighted by Gasteiger charge is -2.35. The third-order valence-corrected chi connectivity index (χ3v) is 5.14. The highest BCUT2D eigenvalue weighted by Crippen LogP contribution is 2.22. The molecule has 2 atom stereocenters. The van der Waals surface area contributed by atoms with Gasteiger partial charge in [0, 0.05) is 23.6 Å². The summed E-state index contributed by atoms with van der Waals surface area (Å²) in [5, 5.41) is 10.6. The van der Waals surface area contributed by atoms with Gasteiger partial charge in [0.2, 0.25) is 0 Å². The van der Waals surface area contributed by atoms with Crippen LogP contribution in [0.2, 0.25) is 0 Å². The number of aliphatic hydroxyl groups excluding tert-OH is 1. The van der Waals surface area contributed by atoms with Gasteiger partial charge in [0.1, 0.15) is 0 Å². The Bertz CT molecular complexity index is 531. The van der Waals surface area contributed by atoms with Crippen LogP contribution in [0.5, 0.6) is 0 Å². The van der Waals surface area contributed by atoms with E-state index in [1.807, 2.05) is 0 Å². The van der Waals surface area contributed by atoms with E-state index < -0.39 is 0 Å². The molecule has 0 aliphatic heterocycles. The van der Waals surface area contributed by atoms with Crippen molar-refractivity contribution in [3.8, 4) is 0 Å². The lowest BCUT2D eigenvalue weighted by atomic mass is 9.97. The molecule has 2 rings (SSSR count). The summed E-state index contributed by atoms with van der Waals surface area (Å²) in [6, 6.07) is 21.3. The zero-order valence-electron chi connectivity index (χ0n) is 14.6. The van der Waals surface area contributed by atoms with E-state index >= 15 is 0 Å². The number of benzene rings is 2. The number of nitrogens with zero attached hydrogens (tertiary/aromatic N) is 1. The number of alkyl halides is 1. The average Bonchev–Trinajstić information content (AvgIpc) is 2.60. The molecule has 0 aliphatic carbocycles. The first-order valence-corrected chi connectivity index (χ1v) is 10.2. The fourth-order valence-electron chi connectivity index (χ4n) is 3.06. The number of rotatable bonds is 9. The maximum absolute atomic E-state index is 10.6. The Hall–Kier alpha value is -0.910. The van der Waals surface area contributed by atoms with E-state index in [1.54, 1.807) is 0 Å². The molecular formula is C21H28INO. The molecule has 0 radical (unpaired) electrons. The molecule has 0 amide bonds. The van der Waals surface area contributed by atoms with Crippen LogP contribution in [0.4, 0.5) is 0 Å². The molecule has 2 aromatic rings. The Morgan fingerprint density at radius 3 is 1.71 bits per heavy atom. The van der Waals surface area contributed by atoms with E-state index in [4.69, 9.17) is 0 Å². The second-order valence-corrected chi connectivity index (χ2v) is 7.68. The number of hydrogen-bond donors (Lipinski definition) is 1. The number of aliphatic hydroxyl groups is 1. The van der Waals surface area contributed by atoms with Crippen LogP contribution in [0.15, 0.2) is 60.7 Å². The lowest BCUT2D eigenvalue weighted by Crippen LogP contribution is -2.44. The van der Waals surface area contributed by atoms with Gasteiger partial charge in [-0.15, -0.1) is 0 Å². The number of halogens is 1. The fourth-order valence-corrected chi connectivity index (χ4v) is 3.65. The predicted octanol–water partition coefficient (Wildman–Crippen LogP) is 4.90. The van der Waals surface area contributed by atoms with Gasteiger partial charge in [-0.3, -0.25) is 4.90 Å². The van der Waals surface area contributed by atoms with Gasteiger partial charge in [0.25, 0.3) is 0 Å². The zero-order valence-corrected chi connectivity index (χ0v) is 16.8. The van der Waals surface area contributed by atoms with Crippen LogP contribution in [-0.2, 0) is 13.1 Å². The van der Waals surface area contributed by atoms with E-state index in [0.717, 1.165) is 23.9 Å². The van der Waals surface area contributed by atoms with E-state index in [0.29, 0.717) is 5.92 Å². The SMILES string of the molecule is CC(C)C[C@@H]([C@H](O)CI)N(Cc1ccccc1)Cc1ccccc1. The molecule has 0 aromatic heterocycles. The minimum atomic E-state index is -0.305. The van der Waals surface area contributed by atoms with Crippen molar-refractivity contribution in [2.24, 2.45) is 5.92 Å². The van der Waals surface area contributed by atoms with Crippen molar-refractivity contribution in [1.29, 1.82) is 0 Å². The Morgan fingerprint density at radius 2 is 1.33 bits per heavy atom. The highest BCUT2D eigenvalue weighted by molar-refractivity contribution is 14.1. The van der Waals surface area contributed by atoms with Crippen LogP contribution in [-0.4, -0.2) is 26.6 Å². The van der Waals surface area contributed by atoms with E-state index in [9.17, 15) is 5.11 Å². The summed E-state index contributed by atoms with van der Waals surface area (Å²) < 4.78 is 0.759. The van der Waals surface area contributed by atoms with Gasteiger partial charge >= 0.3 is 0 Å². The molecule has 2 aromatic carbocycles. The smallest absolute Gasteiger partial charge is 0.0784 e. The monoisotopic (exact) mass is 437 g/mol. The molecular weight excluding hydrogens is 409 g/mol.